The molecule has 2 atom stereocenters. The van der Waals surface area contributed by atoms with Crippen LogP contribution in [0.15, 0.2) is 17.1 Å². The average Bonchev–Trinajstić information content (AvgIpc) is 2.32. The van der Waals surface area contributed by atoms with E-state index in [1.54, 1.807) is 6.92 Å². The molecule has 1 aliphatic carbocycles. The first-order valence-corrected chi connectivity index (χ1v) is 6.26. The van der Waals surface area contributed by atoms with Crippen LogP contribution in [0.4, 0.5) is 0 Å². The van der Waals surface area contributed by atoms with Crippen LogP contribution in [0.5, 0.6) is 0 Å². The number of amides is 1. The highest BCUT2D eigenvalue weighted by Crippen LogP contribution is 2.18. The molecule has 0 bridgehead atoms. The highest BCUT2D eigenvalue weighted by Gasteiger charge is 2.25. The van der Waals surface area contributed by atoms with Crippen molar-refractivity contribution >= 4 is 5.91 Å². The van der Waals surface area contributed by atoms with E-state index in [-0.39, 0.29) is 17.5 Å². The minimum Gasteiger partial charge on any atom is -0.391 e. The SMILES string of the molecule is Cc1cc(=O)[nH]cc1C(=O)NC1CCCCC1O. The van der Waals surface area contributed by atoms with Gasteiger partial charge in [0.15, 0.2) is 0 Å². The second kappa shape index (κ2) is 5.35. The van der Waals surface area contributed by atoms with Crippen molar-refractivity contribution in [3.8, 4) is 0 Å². The molecule has 1 amide bonds. The van der Waals surface area contributed by atoms with E-state index >= 15 is 0 Å². The highest BCUT2D eigenvalue weighted by atomic mass is 16.3. The summed E-state index contributed by atoms with van der Waals surface area (Å²) in [7, 11) is 0. The van der Waals surface area contributed by atoms with Crippen molar-refractivity contribution in [1.29, 1.82) is 0 Å². The van der Waals surface area contributed by atoms with Gasteiger partial charge in [-0.15, -0.1) is 0 Å². The summed E-state index contributed by atoms with van der Waals surface area (Å²) in [4.78, 5) is 25.6. The number of aliphatic hydroxyl groups excluding tert-OH is 1. The van der Waals surface area contributed by atoms with Crippen LogP contribution in [0.1, 0.15) is 41.6 Å². The standard InChI is InChI=1S/C13H18N2O3/c1-8-6-12(17)14-7-9(8)13(18)15-10-4-2-3-5-11(10)16/h6-7,10-11,16H,2-5H2,1H3,(H,14,17)(H,15,18). The molecule has 5 nitrogen and oxygen atoms in total. The van der Waals surface area contributed by atoms with Crippen LogP contribution in [0.2, 0.25) is 0 Å². The number of rotatable bonds is 2. The molecule has 0 saturated heterocycles. The second-order valence-electron chi connectivity index (χ2n) is 4.83. The number of carbonyl (C=O) groups is 1. The maximum atomic E-state index is 12.0. The van der Waals surface area contributed by atoms with Gasteiger partial charge in [0.1, 0.15) is 0 Å². The Labute approximate surface area is 105 Å². The highest BCUT2D eigenvalue weighted by molar-refractivity contribution is 5.95. The number of carbonyl (C=O) groups excluding carboxylic acids is 1. The minimum atomic E-state index is -0.467. The summed E-state index contributed by atoms with van der Waals surface area (Å²) >= 11 is 0. The molecule has 18 heavy (non-hydrogen) atoms. The lowest BCUT2D eigenvalue weighted by atomic mass is 9.92. The molecular weight excluding hydrogens is 232 g/mol. The van der Waals surface area contributed by atoms with Crippen LogP contribution >= 0.6 is 0 Å². The zero-order chi connectivity index (χ0) is 13.1. The Morgan fingerprint density at radius 3 is 2.83 bits per heavy atom. The molecule has 2 unspecified atom stereocenters. The number of hydrogen-bond acceptors (Lipinski definition) is 3. The fourth-order valence-corrected chi connectivity index (χ4v) is 2.34. The Morgan fingerprint density at radius 1 is 1.44 bits per heavy atom. The molecule has 1 fully saturated rings. The summed E-state index contributed by atoms with van der Waals surface area (Å²) in [6.07, 6.45) is 4.51. The molecule has 1 aromatic rings. The van der Waals surface area contributed by atoms with E-state index in [9.17, 15) is 14.7 Å². The molecular formula is C13H18N2O3. The molecule has 1 aromatic heterocycles. The first-order valence-electron chi connectivity index (χ1n) is 6.26. The molecule has 3 N–H and O–H groups in total. The minimum absolute atomic E-state index is 0.183. The zero-order valence-corrected chi connectivity index (χ0v) is 10.4. The van der Waals surface area contributed by atoms with E-state index < -0.39 is 6.10 Å². The summed E-state index contributed by atoms with van der Waals surface area (Å²) in [6.45, 7) is 1.72. The Hall–Kier alpha value is -1.62. The Balaban J connectivity index is 2.09. The van der Waals surface area contributed by atoms with Crippen LogP contribution < -0.4 is 10.9 Å². The number of nitrogens with one attached hydrogen (secondary N) is 2. The van der Waals surface area contributed by atoms with Gasteiger partial charge in [0.05, 0.1) is 17.7 Å². The van der Waals surface area contributed by atoms with Crippen molar-refractivity contribution in [2.75, 3.05) is 0 Å². The monoisotopic (exact) mass is 250 g/mol. The quantitative estimate of drug-likeness (QED) is 0.723. The number of pyridine rings is 1. The van der Waals surface area contributed by atoms with Crippen molar-refractivity contribution in [1.82, 2.24) is 10.3 Å². The summed E-state index contributed by atoms with van der Waals surface area (Å²) in [5.74, 6) is -0.241. The molecule has 2 rings (SSSR count). The molecule has 0 spiro atoms. The maximum Gasteiger partial charge on any atom is 0.253 e. The van der Waals surface area contributed by atoms with Crippen LogP contribution in [-0.2, 0) is 0 Å². The molecule has 5 heteroatoms. The Morgan fingerprint density at radius 2 is 2.17 bits per heavy atom. The van der Waals surface area contributed by atoms with Crippen LogP contribution in [0.3, 0.4) is 0 Å². The predicted octanol–water partition coefficient (Wildman–Crippen LogP) is 0.717. The fraction of sp³-hybridized carbons (Fsp3) is 0.538. The Bertz CT molecular complexity index is 495. The zero-order valence-electron chi connectivity index (χ0n) is 10.4. The van der Waals surface area contributed by atoms with Crippen molar-refractivity contribution in [3.05, 3.63) is 33.7 Å². The summed E-state index contributed by atoms with van der Waals surface area (Å²) < 4.78 is 0. The van der Waals surface area contributed by atoms with Gasteiger partial charge in [-0.1, -0.05) is 12.8 Å². The number of hydrogen-bond donors (Lipinski definition) is 3. The number of aromatic nitrogens is 1. The van der Waals surface area contributed by atoms with Gasteiger partial charge in [-0.2, -0.15) is 0 Å². The molecule has 0 aromatic carbocycles. The van der Waals surface area contributed by atoms with Gasteiger partial charge in [0, 0.05) is 12.3 Å². The molecule has 1 heterocycles. The molecule has 1 saturated carbocycles. The first-order chi connectivity index (χ1) is 8.58. The van der Waals surface area contributed by atoms with Crippen LogP contribution in [-0.4, -0.2) is 28.1 Å². The number of aryl methyl sites for hydroxylation is 1. The van der Waals surface area contributed by atoms with E-state index in [4.69, 9.17) is 0 Å². The normalized spacial score (nSPS) is 23.7. The number of aromatic amines is 1. The average molecular weight is 250 g/mol. The summed E-state index contributed by atoms with van der Waals surface area (Å²) in [6, 6.07) is 1.21. The van der Waals surface area contributed by atoms with Crippen LogP contribution in [0.25, 0.3) is 0 Å². The third-order valence-corrected chi connectivity index (χ3v) is 3.42. The largest absolute Gasteiger partial charge is 0.391 e. The number of aliphatic hydroxyl groups is 1. The van der Waals surface area contributed by atoms with E-state index in [0.29, 0.717) is 11.1 Å². The molecule has 0 radical (unpaired) electrons. The van der Waals surface area contributed by atoms with E-state index in [1.807, 2.05) is 0 Å². The van der Waals surface area contributed by atoms with Crippen molar-refractivity contribution < 1.29 is 9.90 Å². The molecule has 0 aliphatic heterocycles. The fourth-order valence-electron chi connectivity index (χ4n) is 2.34. The predicted molar refractivity (Wildman–Crippen MR) is 67.5 cm³/mol. The lowest BCUT2D eigenvalue weighted by molar-refractivity contribution is 0.0716. The van der Waals surface area contributed by atoms with Crippen molar-refractivity contribution in [2.45, 2.75) is 44.8 Å². The van der Waals surface area contributed by atoms with Gasteiger partial charge in [0.25, 0.3) is 5.91 Å². The van der Waals surface area contributed by atoms with E-state index in [1.165, 1.54) is 12.3 Å². The van der Waals surface area contributed by atoms with Gasteiger partial charge >= 0.3 is 0 Å². The van der Waals surface area contributed by atoms with Gasteiger partial charge in [-0.05, 0) is 25.3 Å². The number of H-pyrrole nitrogens is 1. The van der Waals surface area contributed by atoms with E-state index in [2.05, 4.69) is 10.3 Å². The lowest BCUT2D eigenvalue weighted by Gasteiger charge is -2.28. The first kappa shape index (κ1) is 12.8. The third-order valence-electron chi connectivity index (χ3n) is 3.42. The van der Waals surface area contributed by atoms with Gasteiger partial charge < -0.3 is 15.4 Å². The van der Waals surface area contributed by atoms with E-state index in [0.717, 1.165) is 25.7 Å². The smallest absolute Gasteiger partial charge is 0.253 e. The van der Waals surface area contributed by atoms with Crippen molar-refractivity contribution in [3.63, 3.8) is 0 Å². The van der Waals surface area contributed by atoms with Crippen molar-refractivity contribution in [2.24, 2.45) is 0 Å². The second-order valence-corrected chi connectivity index (χ2v) is 4.83. The summed E-state index contributed by atoms with van der Waals surface area (Å²) in [5.41, 5.74) is 0.871. The Kier molecular flexibility index (Phi) is 3.81. The summed E-state index contributed by atoms with van der Waals surface area (Å²) in [5, 5.41) is 12.6. The van der Waals surface area contributed by atoms with Gasteiger partial charge in [-0.3, -0.25) is 9.59 Å². The van der Waals surface area contributed by atoms with Gasteiger partial charge in [-0.25, -0.2) is 0 Å². The van der Waals surface area contributed by atoms with Crippen LogP contribution in [0, 0.1) is 6.92 Å². The lowest BCUT2D eigenvalue weighted by Crippen LogP contribution is -2.45. The molecule has 1 aliphatic rings. The van der Waals surface area contributed by atoms with Gasteiger partial charge in [0.2, 0.25) is 5.56 Å². The maximum absolute atomic E-state index is 12.0. The molecule has 98 valence electrons. The topological polar surface area (TPSA) is 82.2 Å². The third kappa shape index (κ3) is 2.79.